The van der Waals surface area contributed by atoms with Crippen LogP contribution >= 0.6 is 7.60 Å². The zero-order valence-electron chi connectivity index (χ0n) is 12.6. The van der Waals surface area contributed by atoms with Gasteiger partial charge < -0.3 is 14.2 Å². The monoisotopic (exact) mass is 310 g/mol. The summed E-state index contributed by atoms with van der Waals surface area (Å²) < 4.78 is 22.9. The fourth-order valence-electron chi connectivity index (χ4n) is 1.73. The molecule has 0 spiro atoms. The van der Waals surface area contributed by atoms with E-state index in [0.717, 1.165) is 0 Å². The first kappa shape index (κ1) is 17.7. The minimum absolute atomic E-state index is 0.0207. The Balaban J connectivity index is 3.06. The SMILES string of the molecule is C=CCOP(=O)(O)c1ccc(OCC(C)C)cc1CC=C. The predicted molar refractivity (Wildman–Crippen MR) is 86.3 cm³/mol. The average Bonchev–Trinajstić information content (AvgIpc) is 2.43. The van der Waals surface area contributed by atoms with Crippen molar-refractivity contribution in [3.63, 3.8) is 0 Å². The van der Waals surface area contributed by atoms with Gasteiger partial charge >= 0.3 is 7.60 Å². The summed E-state index contributed by atoms with van der Waals surface area (Å²) >= 11 is 0. The summed E-state index contributed by atoms with van der Waals surface area (Å²) in [4.78, 5) is 10.0. The molecule has 0 aliphatic carbocycles. The van der Waals surface area contributed by atoms with Gasteiger partial charge in [-0.05, 0) is 36.1 Å². The zero-order chi connectivity index (χ0) is 15.9. The molecule has 0 aliphatic rings. The highest BCUT2D eigenvalue weighted by molar-refractivity contribution is 7.61. The third-order valence-corrected chi connectivity index (χ3v) is 4.21. The van der Waals surface area contributed by atoms with Gasteiger partial charge in [0.1, 0.15) is 5.75 Å². The highest BCUT2D eigenvalue weighted by Crippen LogP contribution is 2.42. The lowest BCUT2D eigenvalue weighted by molar-refractivity contribution is 0.271. The summed E-state index contributed by atoms with van der Waals surface area (Å²) in [5, 5.41) is 0.279. The molecular formula is C16H23O4P. The largest absolute Gasteiger partial charge is 0.493 e. The Labute approximate surface area is 126 Å². The summed E-state index contributed by atoms with van der Waals surface area (Å²) in [6.45, 7) is 11.9. The Morgan fingerprint density at radius 1 is 1.33 bits per heavy atom. The lowest BCUT2D eigenvalue weighted by Crippen LogP contribution is -2.14. The van der Waals surface area contributed by atoms with Crippen LogP contribution in [0.5, 0.6) is 5.75 Å². The lowest BCUT2D eigenvalue weighted by Gasteiger charge is -2.16. The second kappa shape index (κ2) is 8.18. The number of rotatable bonds is 9. The third kappa shape index (κ3) is 5.50. The van der Waals surface area contributed by atoms with Crippen LogP contribution in [0.2, 0.25) is 0 Å². The van der Waals surface area contributed by atoms with Crippen molar-refractivity contribution in [2.24, 2.45) is 5.92 Å². The van der Waals surface area contributed by atoms with E-state index < -0.39 is 7.60 Å². The minimum Gasteiger partial charge on any atom is -0.493 e. The highest BCUT2D eigenvalue weighted by Gasteiger charge is 2.25. The van der Waals surface area contributed by atoms with Crippen molar-refractivity contribution >= 4 is 12.9 Å². The van der Waals surface area contributed by atoms with Crippen LogP contribution in [0.15, 0.2) is 43.5 Å². The third-order valence-electron chi connectivity index (χ3n) is 2.67. The summed E-state index contributed by atoms with van der Waals surface area (Å²) in [7, 11) is -3.86. The fourth-order valence-corrected chi connectivity index (χ4v) is 2.96. The molecule has 1 rings (SSSR count). The van der Waals surface area contributed by atoms with Gasteiger partial charge in [-0.3, -0.25) is 4.57 Å². The van der Waals surface area contributed by atoms with Gasteiger partial charge in [-0.25, -0.2) is 0 Å². The maximum absolute atomic E-state index is 12.3. The Hall–Kier alpha value is -1.35. The first-order chi connectivity index (χ1) is 9.90. The first-order valence-electron chi connectivity index (χ1n) is 6.86. The number of ether oxygens (including phenoxy) is 1. The summed E-state index contributed by atoms with van der Waals surface area (Å²) in [5.41, 5.74) is 0.682. The topological polar surface area (TPSA) is 55.8 Å². The average molecular weight is 310 g/mol. The van der Waals surface area contributed by atoms with Crippen molar-refractivity contribution in [1.82, 2.24) is 0 Å². The molecule has 0 amide bonds. The molecule has 1 atom stereocenters. The van der Waals surface area contributed by atoms with Gasteiger partial charge in [0.15, 0.2) is 0 Å². The quantitative estimate of drug-likeness (QED) is 0.560. The van der Waals surface area contributed by atoms with Crippen LogP contribution in [0.25, 0.3) is 0 Å². The first-order valence-corrected chi connectivity index (χ1v) is 8.44. The molecule has 0 bridgehead atoms. The molecule has 4 nitrogen and oxygen atoms in total. The van der Waals surface area contributed by atoms with Crippen LogP contribution in [0.4, 0.5) is 0 Å². The van der Waals surface area contributed by atoms with Gasteiger partial charge in [0, 0.05) is 0 Å². The Bertz CT molecular complexity index is 537. The van der Waals surface area contributed by atoms with E-state index in [1.54, 1.807) is 24.3 Å². The van der Waals surface area contributed by atoms with E-state index in [2.05, 4.69) is 27.0 Å². The summed E-state index contributed by atoms with van der Waals surface area (Å²) in [6, 6.07) is 5.03. The Kier molecular flexibility index (Phi) is 6.90. The van der Waals surface area contributed by atoms with Gasteiger partial charge in [0.05, 0.1) is 18.5 Å². The van der Waals surface area contributed by atoms with Crippen molar-refractivity contribution in [1.29, 1.82) is 0 Å². The molecule has 1 N–H and O–H groups in total. The minimum atomic E-state index is -3.86. The fraction of sp³-hybridized carbons (Fsp3) is 0.375. The molecule has 0 aromatic heterocycles. The summed E-state index contributed by atoms with van der Waals surface area (Å²) in [5.74, 6) is 1.08. The molecule has 0 saturated carbocycles. The van der Waals surface area contributed by atoms with Gasteiger partial charge in [0.2, 0.25) is 0 Å². The van der Waals surface area contributed by atoms with Gasteiger partial charge in [-0.15, -0.1) is 13.2 Å². The van der Waals surface area contributed by atoms with E-state index in [9.17, 15) is 9.46 Å². The van der Waals surface area contributed by atoms with E-state index in [0.29, 0.717) is 30.3 Å². The van der Waals surface area contributed by atoms with Gasteiger partial charge in [-0.2, -0.15) is 0 Å². The van der Waals surface area contributed by atoms with E-state index in [4.69, 9.17) is 9.26 Å². The molecule has 0 heterocycles. The van der Waals surface area contributed by atoms with Crippen LogP contribution < -0.4 is 10.0 Å². The van der Waals surface area contributed by atoms with Crippen LogP contribution in [0.1, 0.15) is 19.4 Å². The molecule has 116 valence electrons. The number of benzene rings is 1. The molecule has 1 unspecified atom stereocenters. The Morgan fingerprint density at radius 2 is 2.05 bits per heavy atom. The van der Waals surface area contributed by atoms with E-state index in [-0.39, 0.29) is 11.9 Å². The number of allylic oxidation sites excluding steroid dienone is 1. The molecule has 0 fully saturated rings. The molecule has 1 aromatic rings. The van der Waals surface area contributed by atoms with Crippen LogP contribution in [0, 0.1) is 5.92 Å². The van der Waals surface area contributed by atoms with E-state index in [1.165, 1.54) is 6.08 Å². The molecule has 0 saturated heterocycles. The highest BCUT2D eigenvalue weighted by atomic mass is 31.2. The van der Waals surface area contributed by atoms with E-state index in [1.807, 2.05) is 0 Å². The second-order valence-corrected chi connectivity index (χ2v) is 6.87. The smallest absolute Gasteiger partial charge is 0.359 e. The Morgan fingerprint density at radius 3 is 2.62 bits per heavy atom. The van der Waals surface area contributed by atoms with Crippen molar-refractivity contribution in [3.8, 4) is 5.75 Å². The van der Waals surface area contributed by atoms with Crippen molar-refractivity contribution < 1.29 is 18.7 Å². The van der Waals surface area contributed by atoms with Crippen LogP contribution in [0.3, 0.4) is 0 Å². The number of hydrogen-bond acceptors (Lipinski definition) is 3. The van der Waals surface area contributed by atoms with Gasteiger partial charge in [-0.1, -0.05) is 26.0 Å². The maximum atomic E-state index is 12.3. The van der Waals surface area contributed by atoms with E-state index >= 15 is 0 Å². The maximum Gasteiger partial charge on any atom is 0.359 e. The van der Waals surface area contributed by atoms with Gasteiger partial charge in [0.25, 0.3) is 0 Å². The molecule has 1 aromatic carbocycles. The molecular weight excluding hydrogens is 287 g/mol. The normalized spacial score (nSPS) is 13.7. The van der Waals surface area contributed by atoms with Crippen LogP contribution in [-0.2, 0) is 15.5 Å². The number of hydrogen-bond donors (Lipinski definition) is 1. The van der Waals surface area contributed by atoms with Crippen molar-refractivity contribution in [2.45, 2.75) is 20.3 Å². The van der Waals surface area contributed by atoms with Crippen molar-refractivity contribution in [2.75, 3.05) is 13.2 Å². The molecule has 5 heteroatoms. The molecule has 21 heavy (non-hydrogen) atoms. The lowest BCUT2D eigenvalue weighted by atomic mass is 10.1. The molecule has 0 aliphatic heterocycles. The van der Waals surface area contributed by atoms with Crippen molar-refractivity contribution in [3.05, 3.63) is 49.1 Å². The molecule has 0 radical (unpaired) electrons. The summed E-state index contributed by atoms with van der Waals surface area (Å²) in [6.07, 6.45) is 3.59. The second-order valence-electron chi connectivity index (χ2n) is 5.09. The van der Waals surface area contributed by atoms with Crippen LogP contribution in [-0.4, -0.2) is 18.1 Å². The predicted octanol–water partition coefficient (Wildman–Crippen LogP) is 3.46. The standard InChI is InChI=1S/C16H23O4P/c1-5-7-14-11-15(19-12-13(3)4)8-9-16(14)21(17,18)20-10-6-2/h5-6,8-9,11,13H,1-2,7,10,12H2,3-4H3,(H,17,18). The zero-order valence-corrected chi connectivity index (χ0v) is 13.5.